The largest absolute Gasteiger partial charge is 0.545 e. The summed E-state index contributed by atoms with van der Waals surface area (Å²) in [6.45, 7) is 0. The van der Waals surface area contributed by atoms with Gasteiger partial charge in [0.05, 0.1) is 28.6 Å². The first-order valence-electron chi connectivity index (χ1n) is 7.03. The van der Waals surface area contributed by atoms with E-state index in [1.165, 1.54) is 18.2 Å². The summed E-state index contributed by atoms with van der Waals surface area (Å²) >= 11 is 12.0. The van der Waals surface area contributed by atoms with Crippen LogP contribution >= 0.6 is 23.2 Å². The third-order valence-corrected chi connectivity index (χ3v) is 3.97. The van der Waals surface area contributed by atoms with Gasteiger partial charge >= 0.3 is 0 Å². The maximum atomic E-state index is 10.9. The monoisotopic (exact) mass is 357 g/mol. The predicted molar refractivity (Wildman–Crippen MR) is 93.8 cm³/mol. The Morgan fingerprint density at radius 2 is 1.83 bits per heavy atom. The maximum absolute atomic E-state index is 10.9. The van der Waals surface area contributed by atoms with Crippen molar-refractivity contribution in [3.63, 3.8) is 0 Å². The van der Waals surface area contributed by atoms with Crippen LogP contribution in [0.3, 0.4) is 0 Å². The first-order chi connectivity index (χ1) is 11.5. The minimum Gasteiger partial charge on any atom is -0.545 e. The number of carboxylic acids is 1. The number of halogens is 2. The SMILES string of the molecule is O=C([O-])c1ccc(Cl)c(N=Cc2cccn2-c2ccc(Cl)cc2)c1. The Morgan fingerprint density at radius 3 is 2.54 bits per heavy atom. The predicted octanol–water partition coefficient (Wildman–Crippen LogP) is 3.90. The number of carboxylic acid groups (broad SMARTS) is 1. The van der Waals surface area contributed by atoms with E-state index in [9.17, 15) is 9.90 Å². The van der Waals surface area contributed by atoms with Gasteiger partial charge < -0.3 is 14.5 Å². The van der Waals surface area contributed by atoms with Crippen LogP contribution in [0.1, 0.15) is 16.1 Å². The molecule has 24 heavy (non-hydrogen) atoms. The maximum Gasteiger partial charge on any atom is 0.0823 e. The van der Waals surface area contributed by atoms with Gasteiger partial charge in [-0.1, -0.05) is 29.3 Å². The molecule has 4 nitrogen and oxygen atoms in total. The van der Waals surface area contributed by atoms with E-state index in [2.05, 4.69) is 4.99 Å². The molecular formula is C18H11Cl2N2O2-. The number of aliphatic imine (C=N–C) groups is 1. The molecule has 0 fully saturated rings. The van der Waals surface area contributed by atoms with Crippen molar-refractivity contribution < 1.29 is 9.90 Å². The lowest BCUT2D eigenvalue weighted by Gasteiger charge is -2.07. The molecule has 0 radical (unpaired) electrons. The van der Waals surface area contributed by atoms with Gasteiger partial charge in [0.2, 0.25) is 0 Å². The molecule has 3 aromatic rings. The van der Waals surface area contributed by atoms with E-state index < -0.39 is 5.97 Å². The van der Waals surface area contributed by atoms with Gasteiger partial charge in [-0.05, 0) is 54.1 Å². The Balaban J connectivity index is 1.94. The van der Waals surface area contributed by atoms with Gasteiger partial charge in [0, 0.05) is 16.9 Å². The molecule has 0 N–H and O–H groups in total. The van der Waals surface area contributed by atoms with Crippen LogP contribution in [-0.2, 0) is 0 Å². The van der Waals surface area contributed by atoms with E-state index in [1.807, 2.05) is 35.0 Å². The molecule has 0 unspecified atom stereocenters. The van der Waals surface area contributed by atoms with Crippen molar-refractivity contribution in [3.05, 3.63) is 82.1 Å². The van der Waals surface area contributed by atoms with Crippen molar-refractivity contribution in [2.75, 3.05) is 0 Å². The first kappa shape index (κ1) is 16.3. The van der Waals surface area contributed by atoms with Crippen molar-refractivity contribution in [3.8, 4) is 5.69 Å². The van der Waals surface area contributed by atoms with Crippen molar-refractivity contribution in [2.45, 2.75) is 0 Å². The van der Waals surface area contributed by atoms with E-state index >= 15 is 0 Å². The van der Waals surface area contributed by atoms with Gasteiger partial charge in [0.15, 0.2) is 0 Å². The lowest BCUT2D eigenvalue weighted by molar-refractivity contribution is -0.255. The van der Waals surface area contributed by atoms with Gasteiger partial charge in [-0.25, -0.2) is 0 Å². The summed E-state index contributed by atoms with van der Waals surface area (Å²) in [5, 5.41) is 12.0. The fourth-order valence-electron chi connectivity index (χ4n) is 2.21. The summed E-state index contributed by atoms with van der Waals surface area (Å²) in [6.07, 6.45) is 3.51. The van der Waals surface area contributed by atoms with Crippen LogP contribution in [0.25, 0.3) is 5.69 Å². The van der Waals surface area contributed by atoms with Crippen LogP contribution in [0, 0.1) is 0 Å². The molecule has 6 heteroatoms. The molecule has 0 saturated carbocycles. The normalized spacial score (nSPS) is 11.1. The van der Waals surface area contributed by atoms with E-state index in [4.69, 9.17) is 23.2 Å². The molecular weight excluding hydrogens is 347 g/mol. The van der Waals surface area contributed by atoms with Crippen molar-refractivity contribution >= 4 is 41.1 Å². The van der Waals surface area contributed by atoms with Crippen LogP contribution in [0.5, 0.6) is 0 Å². The zero-order chi connectivity index (χ0) is 17.1. The second-order valence-electron chi connectivity index (χ2n) is 4.99. The average Bonchev–Trinajstić information content (AvgIpc) is 3.03. The number of benzene rings is 2. The van der Waals surface area contributed by atoms with E-state index in [0.29, 0.717) is 15.7 Å². The lowest BCUT2D eigenvalue weighted by atomic mass is 10.2. The molecule has 120 valence electrons. The van der Waals surface area contributed by atoms with Crippen molar-refractivity contribution in [1.29, 1.82) is 0 Å². The second kappa shape index (κ2) is 6.91. The molecule has 0 aliphatic carbocycles. The number of carbonyl (C=O) groups excluding carboxylic acids is 1. The molecule has 3 rings (SSSR count). The summed E-state index contributed by atoms with van der Waals surface area (Å²) in [6, 6.07) is 15.4. The quantitative estimate of drug-likeness (QED) is 0.665. The minimum absolute atomic E-state index is 0.0274. The number of carbonyl (C=O) groups is 1. The Hall–Kier alpha value is -2.56. The first-order valence-corrected chi connectivity index (χ1v) is 7.78. The standard InChI is InChI=1S/C18H12Cl2N2O2/c19-13-4-6-14(7-5-13)22-9-1-2-15(22)11-21-17-10-12(18(23)24)3-8-16(17)20/h1-11H,(H,23,24)/p-1. The van der Waals surface area contributed by atoms with Gasteiger partial charge in [-0.3, -0.25) is 4.99 Å². The van der Waals surface area contributed by atoms with Crippen LogP contribution in [0.2, 0.25) is 10.0 Å². The molecule has 0 bridgehead atoms. The van der Waals surface area contributed by atoms with Crippen molar-refractivity contribution in [2.24, 2.45) is 4.99 Å². The summed E-state index contributed by atoms with van der Waals surface area (Å²) in [5.74, 6) is -1.27. The summed E-state index contributed by atoms with van der Waals surface area (Å²) in [7, 11) is 0. The molecule has 0 saturated heterocycles. The Labute approximate surface area is 148 Å². The van der Waals surface area contributed by atoms with Crippen LogP contribution in [0.4, 0.5) is 5.69 Å². The fourth-order valence-corrected chi connectivity index (χ4v) is 2.50. The van der Waals surface area contributed by atoms with Gasteiger partial charge in [0.25, 0.3) is 0 Å². The smallest absolute Gasteiger partial charge is 0.0823 e. The van der Waals surface area contributed by atoms with E-state index in [1.54, 1.807) is 18.3 Å². The second-order valence-corrected chi connectivity index (χ2v) is 5.83. The average molecular weight is 358 g/mol. The molecule has 2 aromatic carbocycles. The number of aromatic carboxylic acids is 1. The zero-order valence-corrected chi connectivity index (χ0v) is 13.8. The highest BCUT2D eigenvalue weighted by Crippen LogP contribution is 2.26. The van der Waals surface area contributed by atoms with Crippen molar-refractivity contribution in [1.82, 2.24) is 4.57 Å². The number of hydrogen-bond acceptors (Lipinski definition) is 3. The van der Waals surface area contributed by atoms with Crippen LogP contribution in [-0.4, -0.2) is 16.8 Å². The highest BCUT2D eigenvalue weighted by molar-refractivity contribution is 6.33. The number of rotatable bonds is 4. The number of hydrogen-bond donors (Lipinski definition) is 0. The van der Waals surface area contributed by atoms with Gasteiger partial charge in [-0.2, -0.15) is 0 Å². The molecule has 0 aliphatic rings. The highest BCUT2D eigenvalue weighted by atomic mass is 35.5. The minimum atomic E-state index is -1.27. The lowest BCUT2D eigenvalue weighted by Crippen LogP contribution is -2.21. The fraction of sp³-hybridized carbons (Fsp3) is 0. The van der Waals surface area contributed by atoms with E-state index in [-0.39, 0.29) is 5.56 Å². The van der Waals surface area contributed by atoms with E-state index in [0.717, 1.165) is 11.4 Å². The van der Waals surface area contributed by atoms with Crippen LogP contribution in [0.15, 0.2) is 65.8 Å². The molecule has 0 amide bonds. The Morgan fingerprint density at radius 1 is 1.08 bits per heavy atom. The number of aromatic nitrogens is 1. The van der Waals surface area contributed by atoms with Crippen LogP contribution < -0.4 is 5.11 Å². The molecule has 0 atom stereocenters. The third-order valence-electron chi connectivity index (χ3n) is 3.40. The topological polar surface area (TPSA) is 57.4 Å². The zero-order valence-electron chi connectivity index (χ0n) is 12.3. The molecule has 1 heterocycles. The molecule has 1 aromatic heterocycles. The molecule has 0 aliphatic heterocycles. The third kappa shape index (κ3) is 3.50. The summed E-state index contributed by atoms with van der Waals surface area (Å²) in [5.41, 5.74) is 2.13. The highest BCUT2D eigenvalue weighted by Gasteiger charge is 2.04. The summed E-state index contributed by atoms with van der Waals surface area (Å²) in [4.78, 5) is 15.2. The molecule has 0 spiro atoms. The Kier molecular flexibility index (Phi) is 4.69. The van der Waals surface area contributed by atoms with Gasteiger partial charge in [-0.15, -0.1) is 0 Å². The Bertz CT molecular complexity index is 915. The number of nitrogens with zero attached hydrogens (tertiary/aromatic N) is 2. The summed E-state index contributed by atoms with van der Waals surface area (Å²) < 4.78 is 1.93. The van der Waals surface area contributed by atoms with Gasteiger partial charge in [0.1, 0.15) is 0 Å².